The van der Waals surface area contributed by atoms with Crippen LogP contribution in [-0.4, -0.2) is 7.11 Å². The molecule has 0 fully saturated rings. The van der Waals surface area contributed by atoms with Crippen LogP contribution in [0.1, 0.15) is 17.5 Å². The van der Waals surface area contributed by atoms with Gasteiger partial charge in [0.05, 0.1) is 13.2 Å². The molecule has 2 aromatic carbocycles. The van der Waals surface area contributed by atoms with E-state index in [0.29, 0.717) is 0 Å². The number of fused-ring (bicyclic) bond motifs is 1. The normalized spacial score (nSPS) is 19.7. The van der Waals surface area contributed by atoms with E-state index in [1.54, 1.807) is 7.11 Å². The second-order valence-corrected chi connectivity index (χ2v) is 6.00. The number of anilines is 1. The number of ether oxygens (including phenoxy) is 1. The van der Waals surface area contributed by atoms with Crippen LogP contribution >= 0.6 is 15.9 Å². The molecule has 0 saturated carbocycles. The SMILES string of the molecule is COc1ccc2c(c1)C(C#N)(Nc1ccccc1Br)CC2. The topological polar surface area (TPSA) is 45.0 Å². The minimum absolute atomic E-state index is 0.701. The number of methoxy groups -OCH3 is 1. The molecule has 0 bridgehead atoms. The summed E-state index contributed by atoms with van der Waals surface area (Å²) in [6, 6.07) is 16.3. The number of rotatable bonds is 3. The second kappa shape index (κ2) is 5.42. The van der Waals surface area contributed by atoms with Crippen molar-refractivity contribution in [2.24, 2.45) is 0 Å². The van der Waals surface area contributed by atoms with Crippen molar-refractivity contribution in [1.29, 1.82) is 5.26 Å². The van der Waals surface area contributed by atoms with E-state index >= 15 is 0 Å². The van der Waals surface area contributed by atoms with Gasteiger partial charge in [0.1, 0.15) is 5.75 Å². The average Bonchev–Trinajstić information content (AvgIpc) is 2.88. The Morgan fingerprint density at radius 3 is 2.81 bits per heavy atom. The Bertz CT molecular complexity index is 723. The fourth-order valence-corrected chi connectivity index (χ4v) is 3.20. The van der Waals surface area contributed by atoms with Gasteiger partial charge < -0.3 is 10.1 Å². The Morgan fingerprint density at radius 2 is 2.10 bits per heavy atom. The van der Waals surface area contributed by atoms with Gasteiger partial charge in [-0.2, -0.15) is 5.26 Å². The first-order chi connectivity index (χ1) is 10.2. The Labute approximate surface area is 132 Å². The summed E-state index contributed by atoms with van der Waals surface area (Å²) in [5.41, 5.74) is 2.44. The van der Waals surface area contributed by atoms with Crippen LogP contribution in [0.5, 0.6) is 5.75 Å². The van der Waals surface area contributed by atoms with Crippen molar-refractivity contribution < 1.29 is 4.74 Å². The number of hydrogen-bond donors (Lipinski definition) is 1. The lowest BCUT2D eigenvalue weighted by Gasteiger charge is -2.26. The largest absolute Gasteiger partial charge is 0.497 e. The van der Waals surface area contributed by atoms with Crippen LogP contribution in [0.2, 0.25) is 0 Å². The van der Waals surface area contributed by atoms with E-state index in [9.17, 15) is 5.26 Å². The number of nitriles is 1. The molecule has 0 aliphatic heterocycles. The molecule has 1 N–H and O–H groups in total. The summed E-state index contributed by atoms with van der Waals surface area (Å²) in [6.07, 6.45) is 1.65. The highest BCUT2D eigenvalue weighted by molar-refractivity contribution is 9.10. The first-order valence-electron chi connectivity index (χ1n) is 6.80. The fraction of sp³-hybridized carbons (Fsp3) is 0.235. The molecule has 4 heteroatoms. The molecule has 3 rings (SSSR count). The van der Waals surface area contributed by atoms with E-state index in [0.717, 1.165) is 34.3 Å². The Kier molecular flexibility index (Phi) is 3.60. The van der Waals surface area contributed by atoms with Gasteiger partial charge in [-0.1, -0.05) is 18.2 Å². The molecule has 0 radical (unpaired) electrons. The first-order valence-corrected chi connectivity index (χ1v) is 7.59. The highest BCUT2D eigenvalue weighted by atomic mass is 79.9. The number of benzene rings is 2. The molecular weight excluding hydrogens is 328 g/mol. The predicted molar refractivity (Wildman–Crippen MR) is 86.4 cm³/mol. The molecule has 21 heavy (non-hydrogen) atoms. The maximum atomic E-state index is 9.81. The number of nitrogens with zero attached hydrogens (tertiary/aromatic N) is 1. The lowest BCUT2D eigenvalue weighted by molar-refractivity contribution is 0.413. The summed E-state index contributed by atoms with van der Waals surface area (Å²) in [7, 11) is 1.64. The molecule has 0 amide bonds. The lowest BCUT2D eigenvalue weighted by Crippen LogP contribution is -2.31. The van der Waals surface area contributed by atoms with E-state index in [1.807, 2.05) is 36.4 Å². The van der Waals surface area contributed by atoms with Gasteiger partial charge in [0.2, 0.25) is 0 Å². The molecule has 106 valence electrons. The van der Waals surface area contributed by atoms with E-state index in [4.69, 9.17) is 4.74 Å². The van der Waals surface area contributed by atoms with Gasteiger partial charge >= 0.3 is 0 Å². The van der Waals surface area contributed by atoms with Gasteiger partial charge in [-0.3, -0.25) is 0 Å². The third kappa shape index (κ3) is 2.38. The van der Waals surface area contributed by atoms with E-state index < -0.39 is 5.54 Å². The minimum Gasteiger partial charge on any atom is -0.497 e. The van der Waals surface area contributed by atoms with E-state index in [-0.39, 0.29) is 0 Å². The molecule has 1 aliphatic rings. The van der Waals surface area contributed by atoms with Crippen molar-refractivity contribution in [1.82, 2.24) is 0 Å². The molecule has 1 atom stereocenters. The highest BCUT2D eigenvalue weighted by Crippen LogP contribution is 2.41. The van der Waals surface area contributed by atoms with Crippen LogP contribution in [0.3, 0.4) is 0 Å². The van der Waals surface area contributed by atoms with Crippen LogP contribution in [0.25, 0.3) is 0 Å². The molecule has 0 aromatic heterocycles. The molecule has 0 heterocycles. The second-order valence-electron chi connectivity index (χ2n) is 5.15. The molecule has 2 aromatic rings. The summed E-state index contributed by atoms with van der Waals surface area (Å²) in [6.45, 7) is 0. The predicted octanol–water partition coefficient (Wildman–Crippen LogP) is 4.23. The number of hydrogen-bond acceptors (Lipinski definition) is 3. The van der Waals surface area contributed by atoms with Crippen LogP contribution in [-0.2, 0) is 12.0 Å². The van der Waals surface area contributed by atoms with Gasteiger partial charge in [-0.05, 0) is 64.2 Å². The van der Waals surface area contributed by atoms with Gasteiger partial charge in [0.25, 0.3) is 0 Å². The molecule has 0 saturated heterocycles. The Balaban J connectivity index is 2.05. The quantitative estimate of drug-likeness (QED) is 0.907. The number of aryl methyl sites for hydroxylation is 1. The third-order valence-electron chi connectivity index (χ3n) is 3.96. The van der Waals surface area contributed by atoms with Crippen molar-refractivity contribution in [3.05, 3.63) is 58.1 Å². The molecule has 3 nitrogen and oxygen atoms in total. The van der Waals surface area contributed by atoms with Crippen LogP contribution in [0, 0.1) is 11.3 Å². The molecule has 0 spiro atoms. The summed E-state index contributed by atoms with van der Waals surface area (Å²) in [4.78, 5) is 0. The highest BCUT2D eigenvalue weighted by Gasteiger charge is 2.39. The van der Waals surface area contributed by atoms with Gasteiger partial charge in [0.15, 0.2) is 5.54 Å². The van der Waals surface area contributed by atoms with Crippen LogP contribution in [0.4, 0.5) is 5.69 Å². The van der Waals surface area contributed by atoms with Crippen molar-refractivity contribution in [3.63, 3.8) is 0 Å². The third-order valence-corrected chi connectivity index (χ3v) is 4.65. The van der Waals surface area contributed by atoms with E-state index in [1.165, 1.54) is 5.56 Å². The van der Waals surface area contributed by atoms with Crippen molar-refractivity contribution in [2.75, 3.05) is 12.4 Å². The van der Waals surface area contributed by atoms with Crippen molar-refractivity contribution in [3.8, 4) is 11.8 Å². The summed E-state index contributed by atoms with van der Waals surface area (Å²) >= 11 is 3.53. The average molecular weight is 343 g/mol. The fourth-order valence-electron chi connectivity index (χ4n) is 2.82. The number of nitrogens with one attached hydrogen (secondary N) is 1. The number of para-hydroxylation sites is 1. The summed E-state index contributed by atoms with van der Waals surface area (Å²) < 4.78 is 6.26. The van der Waals surface area contributed by atoms with Gasteiger partial charge in [-0.15, -0.1) is 0 Å². The lowest BCUT2D eigenvalue weighted by atomic mass is 9.92. The van der Waals surface area contributed by atoms with Crippen molar-refractivity contribution in [2.45, 2.75) is 18.4 Å². The molecular formula is C17H15BrN2O. The zero-order valence-corrected chi connectivity index (χ0v) is 13.3. The minimum atomic E-state index is -0.701. The number of halogens is 1. The smallest absolute Gasteiger partial charge is 0.151 e. The monoisotopic (exact) mass is 342 g/mol. The van der Waals surface area contributed by atoms with E-state index in [2.05, 4.69) is 33.4 Å². The Morgan fingerprint density at radius 1 is 1.29 bits per heavy atom. The maximum absolute atomic E-state index is 9.81. The first kappa shape index (κ1) is 14.0. The summed E-state index contributed by atoms with van der Waals surface area (Å²) in [5, 5.41) is 13.2. The van der Waals surface area contributed by atoms with Gasteiger partial charge in [0, 0.05) is 10.2 Å². The standard InChI is InChI=1S/C17H15BrN2O/c1-21-13-7-6-12-8-9-17(11-19,14(12)10-13)20-16-5-3-2-4-15(16)18/h2-7,10,20H,8-9H2,1H3. The van der Waals surface area contributed by atoms with Gasteiger partial charge in [-0.25, -0.2) is 0 Å². The Hall–Kier alpha value is -1.99. The van der Waals surface area contributed by atoms with Crippen molar-refractivity contribution >= 4 is 21.6 Å². The maximum Gasteiger partial charge on any atom is 0.151 e. The molecule has 1 unspecified atom stereocenters. The van der Waals surface area contributed by atoms with Crippen LogP contribution in [0.15, 0.2) is 46.9 Å². The van der Waals surface area contributed by atoms with Crippen LogP contribution < -0.4 is 10.1 Å². The summed E-state index contributed by atoms with van der Waals surface area (Å²) in [5.74, 6) is 0.782. The zero-order valence-electron chi connectivity index (χ0n) is 11.7. The zero-order chi connectivity index (χ0) is 14.9. The molecule has 1 aliphatic carbocycles.